The molecule has 0 unspecified atom stereocenters. The number of nitrogens with zero attached hydrogens (tertiary/aromatic N) is 1. The van der Waals surface area contributed by atoms with Crippen molar-refractivity contribution in [3.8, 4) is 11.5 Å². The minimum absolute atomic E-state index is 0.0160. The normalized spacial score (nSPS) is 14.6. The van der Waals surface area contributed by atoms with Gasteiger partial charge in [0, 0.05) is 19.2 Å². The smallest absolute Gasteiger partial charge is 0.339 e. The Morgan fingerprint density at radius 3 is 2.57 bits per heavy atom. The van der Waals surface area contributed by atoms with Crippen LogP contribution < -0.4 is 9.47 Å². The van der Waals surface area contributed by atoms with E-state index in [1.54, 1.807) is 11.0 Å². The SMILES string of the molecule is COc1ccc(C(=O)O)c(OCC(=O)N2CCCCC2)c1. The zero-order valence-corrected chi connectivity index (χ0v) is 12.0. The highest BCUT2D eigenvalue weighted by Gasteiger charge is 2.19. The molecule has 21 heavy (non-hydrogen) atoms. The number of amides is 1. The zero-order valence-electron chi connectivity index (χ0n) is 12.0. The highest BCUT2D eigenvalue weighted by molar-refractivity contribution is 5.91. The Hall–Kier alpha value is -2.24. The van der Waals surface area contributed by atoms with Crippen LogP contribution in [0.1, 0.15) is 29.6 Å². The second-order valence-electron chi connectivity index (χ2n) is 4.90. The molecule has 6 heteroatoms. The van der Waals surface area contributed by atoms with Crippen LogP contribution in [0, 0.1) is 0 Å². The van der Waals surface area contributed by atoms with E-state index >= 15 is 0 Å². The zero-order chi connectivity index (χ0) is 15.2. The molecule has 114 valence electrons. The number of carboxylic acid groups (broad SMARTS) is 1. The summed E-state index contributed by atoms with van der Waals surface area (Å²) in [6, 6.07) is 4.43. The molecule has 1 heterocycles. The average Bonchev–Trinajstić information content (AvgIpc) is 2.52. The number of hydrogen-bond acceptors (Lipinski definition) is 4. The summed E-state index contributed by atoms with van der Waals surface area (Å²) in [5.74, 6) is -0.584. The fourth-order valence-corrected chi connectivity index (χ4v) is 2.30. The lowest BCUT2D eigenvalue weighted by Gasteiger charge is -2.26. The van der Waals surface area contributed by atoms with E-state index in [4.69, 9.17) is 14.6 Å². The summed E-state index contributed by atoms with van der Waals surface area (Å²) < 4.78 is 10.4. The Bertz CT molecular complexity index is 523. The van der Waals surface area contributed by atoms with Crippen molar-refractivity contribution in [3.63, 3.8) is 0 Å². The van der Waals surface area contributed by atoms with Crippen molar-refractivity contribution in [2.24, 2.45) is 0 Å². The maximum absolute atomic E-state index is 12.0. The molecule has 1 aromatic carbocycles. The van der Waals surface area contributed by atoms with Crippen LogP contribution in [-0.4, -0.2) is 48.7 Å². The number of aromatic carboxylic acids is 1. The molecule has 0 bridgehead atoms. The van der Waals surface area contributed by atoms with Crippen LogP contribution in [0.3, 0.4) is 0 Å². The lowest BCUT2D eigenvalue weighted by Crippen LogP contribution is -2.38. The maximum Gasteiger partial charge on any atom is 0.339 e. The lowest BCUT2D eigenvalue weighted by atomic mass is 10.1. The molecular formula is C15H19NO5. The van der Waals surface area contributed by atoms with Crippen LogP contribution in [0.5, 0.6) is 11.5 Å². The van der Waals surface area contributed by atoms with Crippen molar-refractivity contribution in [1.29, 1.82) is 0 Å². The standard InChI is InChI=1S/C15H19NO5/c1-20-11-5-6-12(15(18)19)13(9-11)21-10-14(17)16-7-3-2-4-8-16/h5-6,9H,2-4,7-8,10H2,1H3,(H,18,19). The van der Waals surface area contributed by atoms with Gasteiger partial charge in [-0.15, -0.1) is 0 Å². The topological polar surface area (TPSA) is 76.1 Å². The van der Waals surface area contributed by atoms with Crippen LogP contribution in [0.4, 0.5) is 0 Å². The maximum atomic E-state index is 12.0. The summed E-state index contributed by atoms with van der Waals surface area (Å²) in [6.07, 6.45) is 3.15. The fourth-order valence-electron chi connectivity index (χ4n) is 2.30. The van der Waals surface area contributed by atoms with Gasteiger partial charge in [0.2, 0.25) is 0 Å². The van der Waals surface area contributed by atoms with Crippen LogP contribution in [-0.2, 0) is 4.79 Å². The summed E-state index contributed by atoms with van der Waals surface area (Å²) in [5.41, 5.74) is 0.0160. The molecule has 1 N–H and O–H groups in total. The monoisotopic (exact) mass is 293 g/mol. The molecule has 0 atom stereocenters. The minimum atomic E-state index is -1.10. The Balaban J connectivity index is 2.04. The van der Waals surface area contributed by atoms with E-state index in [1.807, 2.05) is 0 Å². The molecular weight excluding hydrogens is 274 g/mol. The second-order valence-corrected chi connectivity index (χ2v) is 4.90. The number of ether oxygens (including phenoxy) is 2. The predicted molar refractivity (Wildman–Crippen MR) is 75.9 cm³/mol. The summed E-state index contributed by atoms with van der Waals surface area (Å²) in [5, 5.41) is 9.13. The molecule has 0 saturated carbocycles. The van der Waals surface area contributed by atoms with Gasteiger partial charge in [-0.05, 0) is 31.4 Å². The van der Waals surface area contributed by atoms with Crippen LogP contribution in [0.15, 0.2) is 18.2 Å². The number of likely N-dealkylation sites (tertiary alicyclic amines) is 1. The van der Waals surface area contributed by atoms with Crippen molar-refractivity contribution >= 4 is 11.9 Å². The average molecular weight is 293 g/mol. The number of carbonyl (C=O) groups excluding carboxylic acids is 1. The summed E-state index contributed by atoms with van der Waals surface area (Å²) in [6.45, 7) is 1.33. The third-order valence-electron chi connectivity index (χ3n) is 3.48. The van der Waals surface area contributed by atoms with Crippen molar-refractivity contribution in [3.05, 3.63) is 23.8 Å². The minimum Gasteiger partial charge on any atom is -0.497 e. The van der Waals surface area contributed by atoms with E-state index in [0.29, 0.717) is 5.75 Å². The highest BCUT2D eigenvalue weighted by atomic mass is 16.5. The number of hydrogen-bond donors (Lipinski definition) is 1. The Labute approximate surface area is 123 Å². The number of carboxylic acids is 1. The van der Waals surface area contributed by atoms with Gasteiger partial charge in [-0.3, -0.25) is 4.79 Å². The molecule has 0 spiro atoms. The summed E-state index contributed by atoms with van der Waals surface area (Å²) >= 11 is 0. The van der Waals surface area contributed by atoms with Gasteiger partial charge in [-0.25, -0.2) is 4.79 Å². The number of piperidine rings is 1. The molecule has 0 aromatic heterocycles. The van der Waals surface area contributed by atoms with E-state index < -0.39 is 5.97 Å². The molecule has 1 saturated heterocycles. The fraction of sp³-hybridized carbons (Fsp3) is 0.467. The largest absolute Gasteiger partial charge is 0.497 e. The number of benzene rings is 1. The first-order chi connectivity index (χ1) is 10.1. The van der Waals surface area contributed by atoms with Crippen molar-refractivity contribution < 1.29 is 24.2 Å². The molecule has 0 aliphatic carbocycles. The van der Waals surface area contributed by atoms with Crippen molar-refractivity contribution in [1.82, 2.24) is 4.90 Å². The number of carbonyl (C=O) groups is 2. The van der Waals surface area contributed by atoms with Gasteiger partial charge >= 0.3 is 5.97 Å². The molecule has 1 aromatic rings. The van der Waals surface area contributed by atoms with Crippen LogP contribution in [0.25, 0.3) is 0 Å². The number of methoxy groups -OCH3 is 1. The Morgan fingerprint density at radius 2 is 1.95 bits per heavy atom. The highest BCUT2D eigenvalue weighted by Crippen LogP contribution is 2.25. The van der Waals surface area contributed by atoms with Gasteiger partial charge in [-0.1, -0.05) is 0 Å². The summed E-state index contributed by atoms with van der Waals surface area (Å²) in [4.78, 5) is 24.9. The van der Waals surface area contributed by atoms with Crippen LogP contribution in [0.2, 0.25) is 0 Å². The van der Waals surface area contributed by atoms with E-state index in [0.717, 1.165) is 32.4 Å². The van der Waals surface area contributed by atoms with Gasteiger partial charge in [-0.2, -0.15) is 0 Å². The van der Waals surface area contributed by atoms with Gasteiger partial charge in [0.25, 0.3) is 5.91 Å². The second kappa shape index (κ2) is 6.97. The van der Waals surface area contributed by atoms with Gasteiger partial charge in [0.05, 0.1) is 7.11 Å². The van der Waals surface area contributed by atoms with E-state index in [9.17, 15) is 9.59 Å². The molecule has 6 nitrogen and oxygen atoms in total. The first kappa shape index (κ1) is 15.2. The predicted octanol–water partition coefficient (Wildman–Crippen LogP) is 1.78. The van der Waals surface area contributed by atoms with Gasteiger partial charge in [0.1, 0.15) is 17.1 Å². The lowest BCUT2D eigenvalue weighted by molar-refractivity contribution is -0.134. The van der Waals surface area contributed by atoms with E-state index in [1.165, 1.54) is 19.2 Å². The molecule has 1 aliphatic rings. The Morgan fingerprint density at radius 1 is 1.24 bits per heavy atom. The Kier molecular flexibility index (Phi) is 5.03. The van der Waals surface area contributed by atoms with Gasteiger partial charge in [0.15, 0.2) is 6.61 Å². The third-order valence-corrected chi connectivity index (χ3v) is 3.48. The molecule has 1 fully saturated rings. The quantitative estimate of drug-likeness (QED) is 0.895. The molecule has 1 amide bonds. The molecule has 2 rings (SSSR count). The van der Waals surface area contributed by atoms with Crippen LogP contribution >= 0.6 is 0 Å². The van der Waals surface area contributed by atoms with Gasteiger partial charge < -0.3 is 19.5 Å². The number of rotatable bonds is 5. The van der Waals surface area contributed by atoms with Crippen molar-refractivity contribution in [2.45, 2.75) is 19.3 Å². The summed E-state index contributed by atoms with van der Waals surface area (Å²) in [7, 11) is 1.48. The molecule has 1 aliphatic heterocycles. The van der Waals surface area contributed by atoms with Crippen molar-refractivity contribution in [2.75, 3.05) is 26.8 Å². The first-order valence-electron chi connectivity index (χ1n) is 6.93. The third kappa shape index (κ3) is 3.87. The first-order valence-corrected chi connectivity index (χ1v) is 6.93. The van der Waals surface area contributed by atoms with E-state index in [2.05, 4.69) is 0 Å². The van der Waals surface area contributed by atoms with E-state index in [-0.39, 0.29) is 23.8 Å². The molecule has 0 radical (unpaired) electrons.